The van der Waals surface area contributed by atoms with E-state index in [9.17, 15) is 18.0 Å². The van der Waals surface area contributed by atoms with Gasteiger partial charge in [0.1, 0.15) is 0 Å². The lowest BCUT2D eigenvalue weighted by atomic mass is 9.90. The van der Waals surface area contributed by atoms with Gasteiger partial charge in [-0.1, -0.05) is 43.7 Å². The van der Waals surface area contributed by atoms with Crippen molar-refractivity contribution in [3.8, 4) is 0 Å². The van der Waals surface area contributed by atoms with E-state index < -0.39 is 17.8 Å². The van der Waals surface area contributed by atoms with Gasteiger partial charge in [-0.05, 0) is 54.7 Å². The summed E-state index contributed by atoms with van der Waals surface area (Å²) in [5.41, 5.74) is 2.45. The van der Waals surface area contributed by atoms with Crippen LogP contribution in [0.15, 0.2) is 36.4 Å². The van der Waals surface area contributed by atoms with Gasteiger partial charge in [0.25, 0.3) is 0 Å². The smallest absolute Gasteiger partial charge is 0.287 e. The summed E-state index contributed by atoms with van der Waals surface area (Å²) in [6, 6.07) is 9.07. The van der Waals surface area contributed by atoms with Gasteiger partial charge in [0.15, 0.2) is 6.04 Å². The zero-order valence-electron chi connectivity index (χ0n) is 15.9. The monoisotopic (exact) mass is 378 g/mol. The summed E-state index contributed by atoms with van der Waals surface area (Å²) in [5, 5.41) is 2.79. The SMILES string of the molecule is CCCCc1cc2ccccc2cc1[C@H](N1NC(=O)CC1(C)C)C(F)(F)F. The Morgan fingerprint density at radius 2 is 1.81 bits per heavy atom. The van der Waals surface area contributed by atoms with Crippen LogP contribution in [-0.4, -0.2) is 22.6 Å². The van der Waals surface area contributed by atoms with Crippen LogP contribution in [0, 0.1) is 0 Å². The van der Waals surface area contributed by atoms with Crippen molar-refractivity contribution in [2.24, 2.45) is 0 Å². The number of nitrogens with one attached hydrogen (secondary N) is 1. The number of aryl methyl sites for hydroxylation is 1. The first-order chi connectivity index (χ1) is 12.6. The molecule has 0 saturated carbocycles. The van der Waals surface area contributed by atoms with Gasteiger partial charge >= 0.3 is 6.18 Å². The third kappa shape index (κ3) is 3.95. The van der Waals surface area contributed by atoms with E-state index in [1.165, 1.54) is 0 Å². The second kappa shape index (κ2) is 7.15. The van der Waals surface area contributed by atoms with E-state index in [2.05, 4.69) is 5.43 Å². The maximum atomic E-state index is 14.2. The van der Waals surface area contributed by atoms with Crippen LogP contribution < -0.4 is 5.43 Å². The largest absolute Gasteiger partial charge is 0.409 e. The highest BCUT2D eigenvalue weighted by Gasteiger charge is 2.53. The molecule has 3 rings (SSSR count). The molecular formula is C21H25F3N2O. The molecule has 2 aromatic rings. The Morgan fingerprint density at radius 1 is 1.19 bits per heavy atom. The number of hydrogen-bond acceptors (Lipinski definition) is 2. The van der Waals surface area contributed by atoms with E-state index in [4.69, 9.17) is 0 Å². The van der Waals surface area contributed by atoms with Crippen molar-refractivity contribution in [2.75, 3.05) is 0 Å². The number of nitrogens with zero attached hydrogens (tertiary/aromatic N) is 1. The molecule has 1 atom stereocenters. The summed E-state index contributed by atoms with van der Waals surface area (Å²) < 4.78 is 42.7. The second-order valence-electron chi connectivity index (χ2n) is 7.84. The number of fused-ring (bicyclic) bond motifs is 1. The van der Waals surface area contributed by atoms with Crippen molar-refractivity contribution < 1.29 is 18.0 Å². The molecule has 1 aliphatic rings. The lowest BCUT2D eigenvalue weighted by Gasteiger charge is -2.38. The third-order valence-corrected chi connectivity index (χ3v) is 5.16. The van der Waals surface area contributed by atoms with Crippen molar-refractivity contribution in [1.82, 2.24) is 10.4 Å². The Labute approximate surface area is 157 Å². The maximum Gasteiger partial charge on any atom is 0.409 e. The fraction of sp³-hybridized carbons (Fsp3) is 0.476. The predicted octanol–water partition coefficient (Wildman–Crippen LogP) is 5.30. The molecular weight excluding hydrogens is 353 g/mol. The highest BCUT2D eigenvalue weighted by Crippen LogP contribution is 2.44. The maximum absolute atomic E-state index is 14.2. The van der Waals surface area contributed by atoms with E-state index in [1.54, 1.807) is 19.9 Å². The average Bonchev–Trinajstić information content (AvgIpc) is 2.84. The molecule has 1 amide bonds. The summed E-state index contributed by atoms with van der Waals surface area (Å²) in [5.74, 6) is -0.384. The van der Waals surface area contributed by atoms with Gasteiger partial charge in [0, 0.05) is 12.0 Å². The molecule has 1 heterocycles. The summed E-state index contributed by atoms with van der Waals surface area (Å²) in [7, 11) is 0. The zero-order chi connectivity index (χ0) is 19.8. The Morgan fingerprint density at radius 3 is 2.33 bits per heavy atom. The molecule has 0 spiro atoms. The number of alkyl halides is 3. The number of carbonyl (C=O) groups excluding carboxylic acids is 1. The molecule has 1 aliphatic heterocycles. The molecule has 146 valence electrons. The molecule has 6 heteroatoms. The number of carbonyl (C=O) groups is 1. The van der Waals surface area contributed by atoms with Crippen molar-refractivity contribution in [1.29, 1.82) is 0 Å². The van der Waals surface area contributed by atoms with Gasteiger partial charge in [-0.25, -0.2) is 0 Å². The van der Waals surface area contributed by atoms with Crippen LogP contribution in [-0.2, 0) is 11.2 Å². The summed E-state index contributed by atoms with van der Waals surface area (Å²) in [4.78, 5) is 11.9. The fourth-order valence-electron chi connectivity index (χ4n) is 3.82. The number of hydrogen-bond donors (Lipinski definition) is 1. The summed E-state index contributed by atoms with van der Waals surface area (Å²) in [6.07, 6.45) is -2.19. The second-order valence-corrected chi connectivity index (χ2v) is 7.84. The van der Waals surface area contributed by atoms with Gasteiger partial charge in [-0.3, -0.25) is 10.2 Å². The fourth-order valence-corrected chi connectivity index (χ4v) is 3.82. The molecule has 1 fully saturated rings. The number of unbranched alkanes of at least 4 members (excludes halogenated alkanes) is 1. The molecule has 0 aromatic heterocycles. The molecule has 2 aromatic carbocycles. The minimum Gasteiger partial charge on any atom is -0.287 e. The Bertz CT molecular complexity index is 845. The molecule has 1 saturated heterocycles. The highest BCUT2D eigenvalue weighted by molar-refractivity contribution is 5.84. The molecule has 0 bridgehead atoms. The summed E-state index contributed by atoms with van der Waals surface area (Å²) in [6.45, 7) is 5.35. The lowest BCUT2D eigenvalue weighted by molar-refractivity contribution is -0.204. The van der Waals surface area contributed by atoms with Crippen LogP contribution in [0.25, 0.3) is 10.8 Å². The lowest BCUT2D eigenvalue weighted by Crippen LogP contribution is -2.51. The van der Waals surface area contributed by atoms with E-state index in [0.717, 1.165) is 28.6 Å². The highest BCUT2D eigenvalue weighted by atomic mass is 19.4. The molecule has 0 aliphatic carbocycles. The zero-order valence-corrected chi connectivity index (χ0v) is 15.9. The first kappa shape index (κ1) is 19.7. The quantitative estimate of drug-likeness (QED) is 0.766. The summed E-state index contributed by atoms with van der Waals surface area (Å²) >= 11 is 0. The van der Waals surface area contributed by atoms with Gasteiger partial charge in [-0.2, -0.15) is 18.2 Å². The van der Waals surface area contributed by atoms with Crippen LogP contribution in [0.1, 0.15) is 57.2 Å². The standard InChI is InChI=1S/C21H25F3N2O/c1-4-5-8-16-11-14-9-6-7-10-15(14)12-17(16)19(21(22,23)24)26-20(2,3)13-18(27)25-26/h6-7,9-12,19H,4-5,8,13H2,1-3H3,(H,25,27)/t19-/m0/s1. The third-order valence-electron chi connectivity index (χ3n) is 5.16. The molecule has 0 unspecified atom stereocenters. The van der Waals surface area contributed by atoms with E-state index in [1.807, 2.05) is 37.3 Å². The normalized spacial score (nSPS) is 18.7. The minimum absolute atomic E-state index is 0.0391. The Hall–Kier alpha value is -2.08. The molecule has 27 heavy (non-hydrogen) atoms. The van der Waals surface area contributed by atoms with Crippen LogP contribution in [0.3, 0.4) is 0 Å². The van der Waals surface area contributed by atoms with Crippen molar-refractivity contribution in [3.05, 3.63) is 47.5 Å². The Balaban J connectivity index is 2.19. The number of halogens is 3. The van der Waals surface area contributed by atoms with E-state index in [0.29, 0.717) is 12.0 Å². The van der Waals surface area contributed by atoms with Crippen molar-refractivity contribution in [2.45, 2.75) is 64.2 Å². The van der Waals surface area contributed by atoms with Crippen LogP contribution in [0.4, 0.5) is 13.2 Å². The number of amides is 1. The number of benzene rings is 2. The molecule has 3 nitrogen and oxygen atoms in total. The van der Waals surface area contributed by atoms with E-state index >= 15 is 0 Å². The predicted molar refractivity (Wildman–Crippen MR) is 100 cm³/mol. The van der Waals surface area contributed by atoms with E-state index in [-0.39, 0.29) is 17.9 Å². The van der Waals surface area contributed by atoms with Crippen LogP contribution in [0.5, 0.6) is 0 Å². The Kier molecular flexibility index (Phi) is 5.21. The van der Waals surface area contributed by atoms with Gasteiger partial charge in [-0.15, -0.1) is 0 Å². The van der Waals surface area contributed by atoms with Gasteiger partial charge in [0.05, 0.1) is 0 Å². The number of rotatable bonds is 5. The first-order valence-corrected chi connectivity index (χ1v) is 9.30. The van der Waals surface area contributed by atoms with Gasteiger partial charge < -0.3 is 0 Å². The topological polar surface area (TPSA) is 32.3 Å². The average molecular weight is 378 g/mol. The number of hydrazine groups is 1. The van der Waals surface area contributed by atoms with Crippen LogP contribution >= 0.6 is 0 Å². The minimum atomic E-state index is -4.52. The van der Waals surface area contributed by atoms with Crippen molar-refractivity contribution >= 4 is 16.7 Å². The first-order valence-electron chi connectivity index (χ1n) is 9.30. The molecule has 1 N–H and O–H groups in total. The van der Waals surface area contributed by atoms with Crippen LogP contribution in [0.2, 0.25) is 0 Å². The van der Waals surface area contributed by atoms with Crippen molar-refractivity contribution in [3.63, 3.8) is 0 Å². The van der Waals surface area contributed by atoms with Gasteiger partial charge in [0.2, 0.25) is 5.91 Å². The molecule has 0 radical (unpaired) electrons.